The minimum Gasteiger partial charge on any atom is -0.507 e. The fraction of sp³-hybridized carbons (Fsp3) is 0.506. The Hall–Kier alpha value is -6.87. The Morgan fingerprint density at radius 1 is 0.330 bits per heavy atom. The monoisotopic (exact) mass is 1200 g/mol. The van der Waals surface area contributed by atoms with Crippen molar-refractivity contribution in [1.82, 2.24) is 0 Å². The number of phenols is 3. The Morgan fingerprint density at radius 2 is 0.557 bits per heavy atom. The first-order chi connectivity index (χ1) is 40.3. The van der Waals surface area contributed by atoms with Gasteiger partial charge in [0.2, 0.25) is 0 Å². The van der Waals surface area contributed by atoms with Crippen LogP contribution in [0.3, 0.4) is 0 Å². The van der Waals surface area contributed by atoms with E-state index in [1.165, 1.54) is 0 Å². The van der Waals surface area contributed by atoms with Crippen LogP contribution in [-0.2, 0) is 71.6 Å². The van der Waals surface area contributed by atoms with Gasteiger partial charge in [0.1, 0.15) is 34.5 Å². The Morgan fingerprint density at radius 3 is 0.761 bits per heavy atom. The molecule has 476 valence electrons. The van der Waals surface area contributed by atoms with Gasteiger partial charge in [0.15, 0.2) is 0 Å². The number of carbonyl (C=O) groups excluding carboxylic acids is 3. The van der Waals surface area contributed by atoms with Crippen LogP contribution in [0.4, 0.5) is 0 Å². The van der Waals surface area contributed by atoms with Crippen molar-refractivity contribution in [2.24, 2.45) is 0 Å². The number of hydrogen-bond acceptors (Lipinski definition) is 9. The number of aryl methyl sites for hydroxylation is 9. The lowest BCUT2D eigenvalue weighted by Crippen LogP contribution is -2.32. The first-order valence-electron chi connectivity index (χ1n) is 31.9. The molecule has 0 bridgehead atoms. The summed E-state index contributed by atoms with van der Waals surface area (Å²) >= 11 is 0. The van der Waals surface area contributed by atoms with Gasteiger partial charge in [-0.1, -0.05) is 211 Å². The number of ether oxygens (including phenoxy) is 3. The normalized spacial score (nSPS) is 12.8. The maximum Gasteiger partial charge on any atom is 0.311 e. The molecule has 3 N–H and O–H groups in total. The maximum atomic E-state index is 14.2. The lowest BCUT2D eigenvalue weighted by Gasteiger charge is -2.40. The molecule has 6 rings (SSSR count). The molecule has 6 aromatic carbocycles. The van der Waals surface area contributed by atoms with E-state index in [1.54, 1.807) is 0 Å². The average molecular weight is 1200 g/mol. The quantitative estimate of drug-likeness (QED) is 0.0463. The van der Waals surface area contributed by atoms with Gasteiger partial charge in [-0.2, -0.15) is 0 Å². The van der Waals surface area contributed by atoms with E-state index < -0.39 is 21.7 Å². The number of aromatic hydroxyl groups is 3. The SMILES string of the molecule is CCCC(c1cc(C)c(OC(=O)CCc2cc(C)c(O)c(C(C)(C)C)c2)c(C(C)(C)C)c1)(c1cc(C)c(OC(=O)CCc2cc(C)c(O)c(C(C)(C)C)c2)c(C(C)(C)C)c1)c1cc(C)c(OC(=O)CCc2cc(C)c(O)c(C(C)(C)C)c2)c(C(C)(C)C)c1. The smallest absolute Gasteiger partial charge is 0.311 e. The third kappa shape index (κ3) is 15.9. The van der Waals surface area contributed by atoms with Gasteiger partial charge in [0.25, 0.3) is 0 Å². The molecule has 88 heavy (non-hydrogen) atoms. The minimum atomic E-state index is -0.882. The van der Waals surface area contributed by atoms with Crippen molar-refractivity contribution >= 4 is 17.9 Å². The summed E-state index contributed by atoms with van der Waals surface area (Å²) in [6.07, 6.45) is 3.15. The summed E-state index contributed by atoms with van der Waals surface area (Å²) in [6.45, 7) is 51.9. The van der Waals surface area contributed by atoms with Crippen LogP contribution in [0.5, 0.6) is 34.5 Å². The predicted octanol–water partition coefficient (Wildman–Crippen LogP) is 19.2. The molecular formula is C79H106O9. The number of carbonyl (C=O) groups is 3. The fourth-order valence-corrected chi connectivity index (χ4v) is 12.4. The van der Waals surface area contributed by atoms with Crippen molar-refractivity contribution in [3.63, 3.8) is 0 Å². The van der Waals surface area contributed by atoms with Gasteiger partial charge in [-0.15, -0.1) is 0 Å². The third-order valence-corrected chi connectivity index (χ3v) is 17.4. The standard InChI is InChI=1S/C79H106O9/c1-26-33-79(55-37-49(5)70(61(43-55)76(17,18)19)86-64(80)30-27-52-34-46(2)67(83)58(40-52)73(8,9)10,56-38-50(6)71(62(44-56)77(20,21)22)87-65(81)31-28-53-35-47(3)68(84)59(41-53)74(11,12)13)57-39-51(7)72(63(45-57)78(23,24)25)88-66(82)32-29-54-36-48(4)69(85)60(42-54)75(14,15)16/h34-45,83-85H,26-33H2,1-25H3. The lowest BCUT2D eigenvalue weighted by molar-refractivity contribution is -0.135. The molecule has 0 unspecified atom stereocenters. The molecule has 6 aromatic rings. The number of rotatable bonds is 17. The van der Waals surface area contributed by atoms with Crippen LogP contribution < -0.4 is 14.2 Å². The van der Waals surface area contributed by atoms with E-state index in [-0.39, 0.29) is 70.7 Å². The predicted molar refractivity (Wildman–Crippen MR) is 361 cm³/mol. The third-order valence-electron chi connectivity index (χ3n) is 17.4. The summed E-state index contributed by atoms with van der Waals surface area (Å²) in [5.41, 5.74) is 12.5. The van der Waals surface area contributed by atoms with E-state index in [0.717, 1.165) is 107 Å². The van der Waals surface area contributed by atoms with Crippen molar-refractivity contribution < 1.29 is 43.9 Å². The topological polar surface area (TPSA) is 140 Å². The lowest BCUT2D eigenvalue weighted by atomic mass is 9.63. The largest absolute Gasteiger partial charge is 0.507 e. The van der Waals surface area contributed by atoms with Crippen molar-refractivity contribution in [3.8, 4) is 34.5 Å². The van der Waals surface area contributed by atoms with Crippen molar-refractivity contribution in [2.75, 3.05) is 0 Å². The van der Waals surface area contributed by atoms with Gasteiger partial charge in [-0.05, 0) is 183 Å². The van der Waals surface area contributed by atoms with Gasteiger partial charge < -0.3 is 29.5 Å². The van der Waals surface area contributed by atoms with Gasteiger partial charge in [0.05, 0.1) is 0 Å². The molecule has 0 aliphatic carbocycles. The molecule has 0 aliphatic rings. The number of esters is 3. The van der Waals surface area contributed by atoms with E-state index in [0.29, 0.717) is 42.9 Å². The van der Waals surface area contributed by atoms with Gasteiger partial charge in [-0.25, -0.2) is 0 Å². The van der Waals surface area contributed by atoms with Crippen molar-refractivity contribution in [1.29, 1.82) is 0 Å². The van der Waals surface area contributed by atoms with E-state index >= 15 is 0 Å². The number of benzene rings is 6. The zero-order valence-corrected chi connectivity index (χ0v) is 58.4. The first kappa shape index (κ1) is 70.2. The summed E-state index contributed by atoms with van der Waals surface area (Å²) in [5.74, 6) is 1.37. The number of phenolic OH excluding ortho intramolecular Hbond substituents is 3. The second kappa shape index (κ2) is 25.9. The van der Waals surface area contributed by atoms with Gasteiger partial charge >= 0.3 is 17.9 Å². The van der Waals surface area contributed by atoms with Crippen LogP contribution in [0.1, 0.15) is 264 Å². The van der Waals surface area contributed by atoms with Gasteiger partial charge in [0, 0.05) is 41.4 Å². The molecule has 0 saturated carbocycles. The Bertz CT molecular complexity index is 3230. The first-order valence-corrected chi connectivity index (χ1v) is 31.9. The highest BCUT2D eigenvalue weighted by Gasteiger charge is 2.42. The summed E-state index contributed by atoms with van der Waals surface area (Å²) in [7, 11) is 0. The summed E-state index contributed by atoms with van der Waals surface area (Å²) < 4.78 is 19.6. The Labute approximate surface area is 529 Å². The molecule has 0 atom stereocenters. The highest BCUT2D eigenvalue weighted by Crippen LogP contribution is 2.52. The maximum absolute atomic E-state index is 14.2. The van der Waals surface area contributed by atoms with Crippen LogP contribution in [0.25, 0.3) is 0 Å². The van der Waals surface area contributed by atoms with E-state index in [9.17, 15) is 29.7 Å². The van der Waals surface area contributed by atoms with E-state index in [1.807, 2.05) is 77.9 Å². The molecular weight excluding hydrogens is 1090 g/mol. The zero-order valence-electron chi connectivity index (χ0n) is 58.4. The highest BCUT2D eigenvalue weighted by atomic mass is 16.5. The minimum absolute atomic E-state index is 0.138. The van der Waals surface area contributed by atoms with Gasteiger partial charge in [-0.3, -0.25) is 14.4 Å². The Kier molecular flexibility index (Phi) is 20.7. The molecule has 0 radical (unpaired) electrons. The summed E-state index contributed by atoms with van der Waals surface area (Å²) in [4.78, 5) is 42.7. The highest BCUT2D eigenvalue weighted by molar-refractivity contribution is 5.77. The molecule has 0 aromatic heterocycles. The second-order valence-electron chi connectivity index (χ2n) is 31.5. The van der Waals surface area contributed by atoms with Crippen LogP contribution >= 0.6 is 0 Å². The summed E-state index contributed by atoms with van der Waals surface area (Å²) in [6, 6.07) is 25.1. The molecule has 0 amide bonds. The van der Waals surface area contributed by atoms with Crippen LogP contribution in [-0.4, -0.2) is 33.2 Å². The van der Waals surface area contributed by atoms with Crippen LogP contribution in [0.15, 0.2) is 72.8 Å². The molecule has 0 spiro atoms. The molecule has 0 fully saturated rings. The summed E-state index contributed by atoms with van der Waals surface area (Å²) in [5, 5.41) is 32.9. The van der Waals surface area contributed by atoms with E-state index in [4.69, 9.17) is 14.2 Å². The molecule has 0 heterocycles. The van der Waals surface area contributed by atoms with Crippen LogP contribution in [0.2, 0.25) is 0 Å². The van der Waals surface area contributed by atoms with Crippen molar-refractivity contribution in [3.05, 3.63) is 173 Å². The van der Waals surface area contributed by atoms with E-state index in [2.05, 4.69) is 168 Å². The molecule has 0 saturated heterocycles. The fourth-order valence-electron chi connectivity index (χ4n) is 12.4. The zero-order chi connectivity index (χ0) is 66.4. The molecule has 9 nitrogen and oxygen atoms in total. The second-order valence-corrected chi connectivity index (χ2v) is 31.5. The molecule has 9 heteroatoms. The molecule has 0 aliphatic heterocycles. The van der Waals surface area contributed by atoms with Crippen molar-refractivity contribution in [2.45, 2.75) is 262 Å². The number of hydrogen-bond donors (Lipinski definition) is 3. The average Bonchev–Trinajstić information content (AvgIpc) is 0.765. The Balaban J connectivity index is 1.55. The van der Waals surface area contributed by atoms with Crippen LogP contribution in [0, 0.1) is 41.5 Å².